The third-order valence-corrected chi connectivity index (χ3v) is 4.74. The summed E-state index contributed by atoms with van der Waals surface area (Å²) in [6.07, 6.45) is 3.90. The second-order valence-electron chi connectivity index (χ2n) is 5.94. The fraction of sp³-hybridized carbons (Fsp3) is 0.562. The standard InChI is InChI=1S/C16H23N3O2/c1-10-5-4-6-11(10)9-19-13-8-15(21-3)14(20-2)7-12(13)18-16(19)17/h7-8,10-11H,4-6,9H2,1-3H3,(H2,17,18). The highest BCUT2D eigenvalue weighted by molar-refractivity contribution is 5.82. The molecule has 0 saturated heterocycles. The van der Waals surface area contributed by atoms with E-state index in [-0.39, 0.29) is 0 Å². The lowest BCUT2D eigenvalue weighted by Crippen LogP contribution is -2.14. The molecule has 0 amide bonds. The Hall–Kier alpha value is -1.91. The van der Waals surface area contributed by atoms with Crippen molar-refractivity contribution in [2.45, 2.75) is 32.7 Å². The predicted octanol–water partition coefficient (Wildman–Crippen LogP) is 3.07. The van der Waals surface area contributed by atoms with E-state index in [4.69, 9.17) is 15.2 Å². The number of benzene rings is 1. The molecule has 1 aromatic heterocycles. The minimum atomic E-state index is 0.569. The lowest BCUT2D eigenvalue weighted by atomic mass is 9.98. The summed E-state index contributed by atoms with van der Waals surface area (Å²) in [7, 11) is 3.27. The van der Waals surface area contributed by atoms with Crippen molar-refractivity contribution in [2.24, 2.45) is 11.8 Å². The Balaban J connectivity index is 2.03. The van der Waals surface area contributed by atoms with Crippen molar-refractivity contribution in [3.8, 4) is 11.5 Å². The van der Waals surface area contributed by atoms with Crippen molar-refractivity contribution < 1.29 is 9.47 Å². The van der Waals surface area contributed by atoms with Gasteiger partial charge in [0, 0.05) is 18.7 Å². The topological polar surface area (TPSA) is 62.3 Å². The van der Waals surface area contributed by atoms with Crippen LogP contribution in [0.3, 0.4) is 0 Å². The third-order valence-electron chi connectivity index (χ3n) is 4.74. The highest BCUT2D eigenvalue weighted by Crippen LogP contribution is 2.36. The lowest BCUT2D eigenvalue weighted by Gasteiger charge is -2.17. The summed E-state index contributed by atoms with van der Waals surface area (Å²) in [6.45, 7) is 3.26. The highest BCUT2D eigenvalue weighted by atomic mass is 16.5. The Morgan fingerprint density at radius 2 is 1.95 bits per heavy atom. The first-order valence-corrected chi connectivity index (χ1v) is 7.51. The summed E-state index contributed by atoms with van der Waals surface area (Å²) in [5, 5.41) is 0. The molecule has 0 spiro atoms. The number of aromatic nitrogens is 2. The fourth-order valence-electron chi connectivity index (χ4n) is 3.39. The normalized spacial score (nSPS) is 21.9. The number of nitrogens with two attached hydrogens (primary N) is 1. The van der Waals surface area contributed by atoms with Crippen LogP contribution in [0.5, 0.6) is 11.5 Å². The molecule has 2 atom stereocenters. The Kier molecular flexibility index (Phi) is 3.66. The molecule has 5 nitrogen and oxygen atoms in total. The van der Waals surface area contributed by atoms with E-state index in [1.54, 1.807) is 14.2 Å². The van der Waals surface area contributed by atoms with Gasteiger partial charge in [0.2, 0.25) is 5.95 Å². The molecule has 0 aliphatic heterocycles. The molecule has 1 aromatic carbocycles. The quantitative estimate of drug-likeness (QED) is 0.939. The van der Waals surface area contributed by atoms with Crippen molar-refractivity contribution in [1.82, 2.24) is 9.55 Å². The molecule has 114 valence electrons. The van der Waals surface area contributed by atoms with Crippen molar-refractivity contribution in [1.29, 1.82) is 0 Å². The summed E-state index contributed by atoms with van der Waals surface area (Å²) in [5.41, 5.74) is 8.01. The van der Waals surface area contributed by atoms with Crippen molar-refractivity contribution in [2.75, 3.05) is 20.0 Å². The van der Waals surface area contributed by atoms with Crippen LogP contribution < -0.4 is 15.2 Å². The Morgan fingerprint density at radius 1 is 1.24 bits per heavy atom. The number of anilines is 1. The van der Waals surface area contributed by atoms with Crippen molar-refractivity contribution >= 4 is 17.0 Å². The van der Waals surface area contributed by atoms with Crippen LogP contribution in [-0.4, -0.2) is 23.8 Å². The van der Waals surface area contributed by atoms with Gasteiger partial charge in [-0.05, 0) is 18.3 Å². The van der Waals surface area contributed by atoms with Crippen LogP contribution >= 0.6 is 0 Å². The smallest absolute Gasteiger partial charge is 0.201 e. The Morgan fingerprint density at radius 3 is 2.57 bits per heavy atom. The maximum Gasteiger partial charge on any atom is 0.201 e. The average Bonchev–Trinajstić information content (AvgIpc) is 3.02. The number of methoxy groups -OCH3 is 2. The van der Waals surface area contributed by atoms with E-state index < -0.39 is 0 Å². The van der Waals surface area contributed by atoms with E-state index in [0.717, 1.165) is 23.5 Å². The van der Waals surface area contributed by atoms with E-state index in [2.05, 4.69) is 16.5 Å². The number of nitrogens with zero attached hydrogens (tertiary/aromatic N) is 2. The van der Waals surface area contributed by atoms with Gasteiger partial charge < -0.3 is 19.8 Å². The number of hydrogen-bond acceptors (Lipinski definition) is 4. The second kappa shape index (κ2) is 5.47. The molecule has 5 heteroatoms. The largest absolute Gasteiger partial charge is 0.493 e. The van der Waals surface area contributed by atoms with Gasteiger partial charge in [0.05, 0.1) is 25.3 Å². The summed E-state index contributed by atoms with van der Waals surface area (Å²) in [4.78, 5) is 4.47. The molecule has 21 heavy (non-hydrogen) atoms. The zero-order valence-electron chi connectivity index (χ0n) is 12.9. The van der Waals surface area contributed by atoms with Crippen LogP contribution in [0.4, 0.5) is 5.95 Å². The van der Waals surface area contributed by atoms with Crippen molar-refractivity contribution in [3.63, 3.8) is 0 Å². The highest BCUT2D eigenvalue weighted by Gasteiger charge is 2.25. The summed E-state index contributed by atoms with van der Waals surface area (Å²) < 4.78 is 12.8. The first kappa shape index (κ1) is 14.0. The number of hydrogen-bond donors (Lipinski definition) is 1. The Bertz CT molecular complexity index is 650. The third kappa shape index (κ3) is 2.41. The summed E-state index contributed by atoms with van der Waals surface area (Å²) in [5.74, 6) is 3.40. The second-order valence-corrected chi connectivity index (χ2v) is 5.94. The van der Waals surface area contributed by atoms with Gasteiger partial charge in [-0.2, -0.15) is 0 Å². The van der Waals surface area contributed by atoms with Gasteiger partial charge >= 0.3 is 0 Å². The molecule has 2 aromatic rings. The number of nitrogen functional groups attached to an aromatic ring is 1. The van der Waals surface area contributed by atoms with Gasteiger partial charge in [0.1, 0.15) is 0 Å². The van der Waals surface area contributed by atoms with Gasteiger partial charge in [-0.3, -0.25) is 0 Å². The first-order valence-electron chi connectivity index (χ1n) is 7.51. The number of imidazole rings is 1. The van der Waals surface area contributed by atoms with Crippen molar-refractivity contribution in [3.05, 3.63) is 12.1 Å². The summed E-state index contributed by atoms with van der Waals surface area (Å²) >= 11 is 0. The first-order chi connectivity index (χ1) is 10.1. The van der Waals surface area contributed by atoms with Gasteiger partial charge in [0.25, 0.3) is 0 Å². The van der Waals surface area contributed by atoms with Crippen LogP contribution in [0.1, 0.15) is 26.2 Å². The van der Waals surface area contributed by atoms with Gasteiger partial charge in [-0.1, -0.05) is 19.8 Å². The predicted molar refractivity (Wildman–Crippen MR) is 83.8 cm³/mol. The zero-order chi connectivity index (χ0) is 15.0. The van der Waals surface area contributed by atoms with E-state index in [9.17, 15) is 0 Å². The van der Waals surface area contributed by atoms with Crippen LogP contribution in [0.15, 0.2) is 12.1 Å². The maximum atomic E-state index is 6.13. The zero-order valence-corrected chi connectivity index (χ0v) is 12.9. The average molecular weight is 289 g/mol. The minimum absolute atomic E-state index is 0.569. The molecule has 2 N–H and O–H groups in total. The SMILES string of the molecule is COc1cc2nc(N)n(CC3CCCC3C)c2cc1OC. The monoisotopic (exact) mass is 289 g/mol. The molecule has 1 heterocycles. The molecule has 1 fully saturated rings. The molecule has 1 aliphatic carbocycles. The molecule has 2 unspecified atom stereocenters. The Labute approximate surface area is 125 Å². The molecule has 1 saturated carbocycles. The molecular formula is C16H23N3O2. The van der Waals surface area contributed by atoms with E-state index in [1.165, 1.54) is 19.3 Å². The van der Waals surface area contributed by atoms with Gasteiger partial charge in [0.15, 0.2) is 11.5 Å². The van der Waals surface area contributed by atoms with Crippen LogP contribution in [0, 0.1) is 11.8 Å². The number of ether oxygens (including phenoxy) is 2. The van der Waals surface area contributed by atoms with Gasteiger partial charge in [-0.15, -0.1) is 0 Å². The number of rotatable bonds is 4. The maximum absolute atomic E-state index is 6.13. The summed E-state index contributed by atoms with van der Waals surface area (Å²) in [6, 6.07) is 3.86. The van der Waals surface area contributed by atoms with E-state index in [0.29, 0.717) is 23.4 Å². The van der Waals surface area contributed by atoms with Gasteiger partial charge in [-0.25, -0.2) is 4.98 Å². The molecule has 3 rings (SSSR count). The number of fused-ring (bicyclic) bond motifs is 1. The van der Waals surface area contributed by atoms with Crippen LogP contribution in [-0.2, 0) is 6.54 Å². The van der Waals surface area contributed by atoms with Crippen LogP contribution in [0.25, 0.3) is 11.0 Å². The molecular weight excluding hydrogens is 266 g/mol. The van der Waals surface area contributed by atoms with E-state index >= 15 is 0 Å². The fourth-order valence-corrected chi connectivity index (χ4v) is 3.39. The van der Waals surface area contributed by atoms with Crippen LogP contribution in [0.2, 0.25) is 0 Å². The van der Waals surface area contributed by atoms with E-state index in [1.807, 2.05) is 12.1 Å². The lowest BCUT2D eigenvalue weighted by molar-refractivity contribution is 0.355. The minimum Gasteiger partial charge on any atom is -0.493 e. The molecule has 0 radical (unpaired) electrons. The molecule has 1 aliphatic rings. The molecule has 0 bridgehead atoms.